The molecular formula is C14H11FN2O3. The Morgan fingerprint density at radius 2 is 1.85 bits per heavy atom. The maximum atomic E-state index is 13.1. The zero-order valence-corrected chi connectivity index (χ0v) is 10.6. The summed E-state index contributed by atoms with van der Waals surface area (Å²) >= 11 is 0. The number of carbonyl (C=O) groups is 1. The molecule has 0 saturated heterocycles. The highest BCUT2D eigenvalue weighted by molar-refractivity contribution is 6.05. The van der Waals surface area contributed by atoms with Crippen LogP contribution in [0, 0.1) is 22.9 Å². The van der Waals surface area contributed by atoms with Gasteiger partial charge in [-0.2, -0.15) is 0 Å². The molecule has 0 saturated carbocycles. The standard InChI is InChI=1S/C14H11FN2O3/c1-9-2-4-10(5-3-9)14(18)16-12-8-11(15)6-7-13(12)17(19)20/h2-8H,1H3,(H,16,18). The van der Waals surface area contributed by atoms with Crippen LogP contribution in [0.4, 0.5) is 15.8 Å². The SMILES string of the molecule is Cc1ccc(C(=O)Nc2cc(F)ccc2[N+](=O)[O-])cc1. The molecule has 2 aromatic rings. The van der Waals surface area contributed by atoms with Crippen molar-refractivity contribution in [2.24, 2.45) is 0 Å². The number of nitro groups is 1. The highest BCUT2D eigenvalue weighted by atomic mass is 19.1. The second-order valence-corrected chi connectivity index (χ2v) is 4.24. The van der Waals surface area contributed by atoms with E-state index in [1.807, 2.05) is 6.92 Å². The molecule has 0 radical (unpaired) electrons. The smallest absolute Gasteiger partial charge is 0.292 e. The van der Waals surface area contributed by atoms with Gasteiger partial charge in [0.25, 0.3) is 11.6 Å². The first-order valence-corrected chi connectivity index (χ1v) is 5.79. The summed E-state index contributed by atoms with van der Waals surface area (Å²) in [7, 11) is 0. The minimum atomic E-state index is -0.676. The molecule has 0 bridgehead atoms. The Balaban J connectivity index is 2.29. The summed E-state index contributed by atoms with van der Waals surface area (Å²) in [5.74, 6) is -1.19. The molecule has 5 nitrogen and oxygen atoms in total. The molecule has 0 fully saturated rings. The molecule has 6 heteroatoms. The zero-order chi connectivity index (χ0) is 14.7. The molecule has 0 heterocycles. The van der Waals surface area contributed by atoms with Crippen molar-refractivity contribution in [3.63, 3.8) is 0 Å². The molecule has 1 N–H and O–H groups in total. The van der Waals surface area contributed by atoms with Crippen LogP contribution >= 0.6 is 0 Å². The van der Waals surface area contributed by atoms with Crippen molar-refractivity contribution in [3.8, 4) is 0 Å². The number of anilines is 1. The van der Waals surface area contributed by atoms with Gasteiger partial charge in [0, 0.05) is 17.7 Å². The Labute approximate surface area is 114 Å². The quantitative estimate of drug-likeness (QED) is 0.689. The minimum Gasteiger partial charge on any atom is -0.316 e. The van der Waals surface area contributed by atoms with Crippen LogP contribution in [0.3, 0.4) is 0 Å². The number of aryl methyl sites for hydroxylation is 1. The van der Waals surface area contributed by atoms with E-state index in [1.165, 1.54) is 0 Å². The summed E-state index contributed by atoms with van der Waals surface area (Å²) in [4.78, 5) is 22.1. The lowest BCUT2D eigenvalue weighted by Crippen LogP contribution is -2.13. The first-order valence-electron chi connectivity index (χ1n) is 5.79. The number of amides is 1. The molecule has 2 rings (SSSR count). The van der Waals surface area contributed by atoms with Crippen LogP contribution in [-0.2, 0) is 0 Å². The topological polar surface area (TPSA) is 72.2 Å². The molecule has 0 spiro atoms. The molecule has 0 unspecified atom stereocenters. The number of carbonyl (C=O) groups excluding carboxylic acids is 1. The van der Waals surface area contributed by atoms with Gasteiger partial charge in [-0.3, -0.25) is 14.9 Å². The fraction of sp³-hybridized carbons (Fsp3) is 0.0714. The molecule has 102 valence electrons. The van der Waals surface area contributed by atoms with E-state index in [2.05, 4.69) is 5.32 Å². The average Bonchev–Trinajstić information content (AvgIpc) is 2.39. The van der Waals surface area contributed by atoms with Crippen LogP contribution < -0.4 is 5.32 Å². The van der Waals surface area contributed by atoms with Crippen LogP contribution in [0.1, 0.15) is 15.9 Å². The first-order chi connectivity index (χ1) is 9.47. The minimum absolute atomic E-state index is 0.166. The molecular weight excluding hydrogens is 263 g/mol. The van der Waals surface area contributed by atoms with Gasteiger partial charge in [0.2, 0.25) is 0 Å². The molecule has 0 aromatic heterocycles. The average molecular weight is 274 g/mol. The van der Waals surface area contributed by atoms with E-state index in [0.29, 0.717) is 5.56 Å². The summed E-state index contributed by atoms with van der Waals surface area (Å²) in [6.07, 6.45) is 0. The van der Waals surface area contributed by atoms with Gasteiger partial charge in [-0.25, -0.2) is 4.39 Å². The lowest BCUT2D eigenvalue weighted by Gasteiger charge is -2.06. The molecule has 2 aromatic carbocycles. The molecule has 0 aliphatic rings. The van der Waals surface area contributed by atoms with Crippen molar-refractivity contribution < 1.29 is 14.1 Å². The van der Waals surface area contributed by atoms with Crippen molar-refractivity contribution in [2.75, 3.05) is 5.32 Å². The van der Waals surface area contributed by atoms with E-state index < -0.39 is 16.6 Å². The summed E-state index contributed by atoms with van der Waals surface area (Å²) in [6.45, 7) is 1.87. The second-order valence-electron chi connectivity index (χ2n) is 4.24. The maximum Gasteiger partial charge on any atom is 0.292 e. The summed E-state index contributed by atoms with van der Waals surface area (Å²) in [6, 6.07) is 9.58. The second kappa shape index (κ2) is 5.48. The van der Waals surface area contributed by atoms with Crippen LogP contribution in [0.5, 0.6) is 0 Å². The predicted octanol–water partition coefficient (Wildman–Crippen LogP) is 3.29. The number of rotatable bonds is 3. The molecule has 0 aliphatic heterocycles. The fourth-order valence-electron chi connectivity index (χ4n) is 1.67. The van der Waals surface area contributed by atoms with Crippen LogP contribution in [0.15, 0.2) is 42.5 Å². The van der Waals surface area contributed by atoms with Gasteiger partial charge in [-0.05, 0) is 25.1 Å². The van der Waals surface area contributed by atoms with Gasteiger partial charge >= 0.3 is 0 Å². The fourth-order valence-corrected chi connectivity index (χ4v) is 1.67. The molecule has 0 aliphatic carbocycles. The number of benzene rings is 2. The van der Waals surface area contributed by atoms with E-state index in [0.717, 1.165) is 23.8 Å². The normalized spacial score (nSPS) is 10.1. The molecule has 20 heavy (non-hydrogen) atoms. The number of nitrogens with one attached hydrogen (secondary N) is 1. The third-order valence-corrected chi connectivity index (χ3v) is 2.72. The van der Waals surface area contributed by atoms with E-state index in [9.17, 15) is 19.3 Å². The van der Waals surface area contributed by atoms with Crippen molar-refractivity contribution in [2.45, 2.75) is 6.92 Å². The van der Waals surface area contributed by atoms with Gasteiger partial charge in [-0.15, -0.1) is 0 Å². The number of halogens is 1. The van der Waals surface area contributed by atoms with Crippen LogP contribution in [-0.4, -0.2) is 10.8 Å². The third kappa shape index (κ3) is 2.97. The predicted molar refractivity (Wildman–Crippen MR) is 72.2 cm³/mol. The van der Waals surface area contributed by atoms with Crippen molar-refractivity contribution in [1.82, 2.24) is 0 Å². The molecule has 0 atom stereocenters. The Morgan fingerprint density at radius 1 is 1.20 bits per heavy atom. The van der Waals surface area contributed by atoms with E-state index >= 15 is 0 Å². The van der Waals surface area contributed by atoms with Crippen molar-refractivity contribution >= 4 is 17.3 Å². The zero-order valence-electron chi connectivity index (χ0n) is 10.6. The van der Waals surface area contributed by atoms with Gasteiger partial charge in [0.05, 0.1) is 4.92 Å². The largest absolute Gasteiger partial charge is 0.316 e. The lowest BCUT2D eigenvalue weighted by atomic mass is 10.1. The van der Waals surface area contributed by atoms with E-state index in [1.54, 1.807) is 24.3 Å². The molecule has 1 amide bonds. The Bertz CT molecular complexity index is 669. The number of nitro benzene ring substituents is 1. The highest BCUT2D eigenvalue weighted by Crippen LogP contribution is 2.25. The van der Waals surface area contributed by atoms with Gasteiger partial charge in [0.1, 0.15) is 11.5 Å². The first kappa shape index (κ1) is 13.7. The number of nitrogens with zero attached hydrogens (tertiary/aromatic N) is 1. The maximum absolute atomic E-state index is 13.1. The monoisotopic (exact) mass is 274 g/mol. The Kier molecular flexibility index (Phi) is 3.74. The van der Waals surface area contributed by atoms with E-state index in [4.69, 9.17) is 0 Å². The Morgan fingerprint density at radius 3 is 2.45 bits per heavy atom. The van der Waals surface area contributed by atoms with Crippen LogP contribution in [0.2, 0.25) is 0 Å². The van der Waals surface area contributed by atoms with Crippen molar-refractivity contribution in [3.05, 3.63) is 69.5 Å². The lowest BCUT2D eigenvalue weighted by molar-refractivity contribution is -0.384. The highest BCUT2D eigenvalue weighted by Gasteiger charge is 2.17. The van der Waals surface area contributed by atoms with Crippen molar-refractivity contribution in [1.29, 1.82) is 0 Å². The van der Waals surface area contributed by atoms with Gasteiger partial charge in [-0.1, -0.05) is 17.7 Å². The third-order valence-electron chi connectivity index (χ3n) is 2.72. The summed E-state index contributed by atoms with van der Waals surface area (Å²) in [5, 5.41) is 13.2. The summed E-state index contributed by atoms with van der Waals surface area (Å²) in [5.41, 5.74) is 0.805. The number of hydrogen-bond donors (Lipinski definition) is 1. The van der Waals surface area contributed by atoms with Gasteiger partial charge < -0.3 is 5.32 Å². The van der Waals surface area contributed by atoms with Crippen LogP contribution in [0.25, 0.3) is 0 Å². The summed E-state index contributed by atoms with van der Waals surface area (Å²) < 4.78 is 13.1. The Hall–Kier alpha value is -2.76. The number of hydrogen-bond acceptors (Lipinski definition) is 3. The van der Waals surface area contributed by atoms with E-state index in [-0.39, 0.29) is 11.4 Å². The van der Waals surface area contributed by atoms with Gasteiger partial charge in [0.15, 0.2) is 0 Å².